The van der Waals surface area contributed by atoms with Gasteiger partial charge in [0.1, 0.15) is 0 Å². The Bertz CT molecular complexity index is 294. The van der Waals surface area contributed by atoms with Crippen molar-refractivity contribution < 1.29 is 39.5 Å². The Morgan fingerprint density at radius 1 is 0.870 bits per heavy atom. The number of hydrogen-bond donors (Lipinski definition) is 0. The molecule has 0 spiro atoms. The summed E-state index contributed by atoms with van der Waals surface area (Å²) in [4.78, 5) is 12.6. The molecule has 23 heavy (non-hydrogen) atoms. The van der Waals surface area contributed by atoms with E-state index in [2.05, 4.69) is 26.0 Å². The number of hydrogen-bond acceptors (Lipinski definition) is 3. The van der Waals surface area contributed by atoms with E-state index in [1.165, 1.54) is 51.4 Å². The van der Waals surface area contributed by atoms with Crippen LogP contribution in [0.5, 0.6) is 0 Å². The molecule has 0 unspecified atom stereocenters. The summed E-state index contributed by atoms with van der Waals surface area (Å²) in [6.45, 7) is 4.91. The maximum absolute atomic E-state index is 10.6. The normalized spacial score (nSPS) is 11.0. The minimum Gasteiger partial charge on any atom is -0.550 e. The molecule has 0 saturated carbocycles. The topological polar surface area (TPSA) is 43.4 Å². The molecule has 128 valence electrons. The van der Waals surface area contributed by atoms with Crippen molar-refractivity contribution in [3.8, 4) is 0 Å². The second kappa shape index (κ2) is 19.8. The summed E-state index contributed by atoms with van der Waals surface area (Å²) in [5, 5.41) is 10.6. The van der Waals surface area contributed by atoms with E-state index in [1.807, 2.05) is 17.3 Å². The largest absolute Gasteiger partial charge is 1.00 e. The molecule has 0 saturated heterocycles. The Balaban J connectivity index is 0. The molecule has 0 amide bonds. The van der Waals surface area contributed by atoms with Crippen LogP contribution in [0.3, 0.4) is 0 Å². The first-order chi connectivity index (χ1) is 10.7. The molecule has 0 aromatic heterocycles. The van der Waals surface area contributed by atoms with Crippen molar-refractivity contribution in [3.05, 3.63) is 24.6 Å². The third-order valence-electron chi connectivity index (χ3n) is 3.62. The quantitative estimate of drug-likeness (QED) is 0.336. The van der Waals surface area contributed by atoms with Gasteiger partial charge in [-0.25, -0.2) is 0 Å². The number of carbonyl (C=O) groups is 1. The average molecular weight is 331 g/mol. The third-order valence-corrected chi connectivity index (χ3v) is 3.62. The van der Waals surface area contributed by atoms with Gasteiger partial charge in [-0.15, -0.1) is 0 Å². The van der Waals surface area contributed by atoms with Crippen molar-refractivity contribution in [3.63, 3.8) is 0 Å². The molecular formula is C19H34NNaO2. The van der Waals surface area contributed by atoms with E-state index >= 15 is 0 Å². The average Bonchev–Trinajstić information content (AvgIpc) is 2.50. The summed E-state index contributed by atoms with van der Waals surface area (Å²) >= 11 is 0. The maximum Gasteiger partial charge on any atom is 1.00 e. The van der Waals surface area contributed by atoms with E-state index in [4.69, 9.17) is 0 Å². The number of carboxylic acids is 1. The summed E-state index contributed by atoms with van der Waals surface area (Å²) in [7, 11) is 0. The van der Waals surface area contributed by atoms with Crippen molar-refractivity contribution in [1.29, 1.82) is 0 Å². The summed E-state index contributed by atoms with van der Waals surface area (Å²) in [5.74, 6) is -0.988. The van der Waals surface area contributed by atoms with Gasteiger partial charge in [-0.1, -0.05) is 64.5 Å². The molecular weight excluding hydrogens is 297 g/mol. The molecule has 0 aromatic carbocycles. The van der Waals surface area contributed by atoms with Crippen molar-refractivity contribution in [2.75, 3.05) is 6.54 Å². The van der Waals surface area contributed by atoms with Gasteiger partial charge in [-0.05, 0) is 38.1 Å². The molecule has 0 N–H and O–H groups in total. The summed E-state index contributed by atoms with van der Waals surface area (Å²) in [5.41, 5.74) is 0. The molecule has 0 aliphatic heterocycles. The second-order valence-electron chi connectivity index (χ2n) is 5.83. The van der Waals surface area contributed by atoms with E-state index in [9.17, 15) is 9.90 Å². The van der Waals surface area contributed by atoms with Gasteiger partial charge in [0, 0.05) is 18.9 Å². The van der Waals surface area contributed by atoms with Gasteiger partial charge >= 0.3 is 29.6 Å². The third kappa shape index (κ3) is 19.7. The number of allylic oxidation sites excluding steroid dienone is 2. The van der Waals surface area contributed by atoms with E-state index in [1.54, 1.807) is 0 Å². The molecule has 4 heteroatoms. The first-order valence-electron chi connectivity index (χ1n) is 8.99. The molecule has 0 heterocycles. The molecule has 0 aromatic rings. The number of aliphatic carboxylic acids is 1. The fourth-order valence-corrected chi connectivity index (χ4v) is 2.22. The Kier molecular flexibility index (Phi) is 21.5. The Labute approximate surface area is 165 Å². The fourth-order valence-electron chi connectivity index (χ4n) is 2.22. The Hall–Kier alpha value is -0.250. The standard InChI is InChI=1S/C19H35NO2.Na/c1-3-5-7-9-11-13-16-20(18-15-19(21)22)17-14-12-10-8-6-4-2;/h13-14,16-17H,3-12,15,18H2,1-2H3,(H,21,22);/q;+1/p-1/b16-13+,17-14+;. The van der Waals surface area contributed by atoms with Gasteiger partial charge in [0.2, 0.25) is 0 Å². The fraction of sp³-hybridized carbons (Fsp3) is 0.737. The van der Waals surface area contributed by atoms with Crippen LogP contribution in [-0.2, 0) is 4.79 Å². The van der Waals surface area contributed by atoms with Crippen molar-refractivity contribution >= 4 is 5.97 Å². The second-order valence-corrected chi connectivity index (χ2v) is 5.83. The zero-order valence-corrected chi connectivity index (χ0v) is 17.6. The molecule has 3 nitrogen and oxygen atoms in total. The Morgan fingerprint density at radius 3 is 1.74 bits per heavy atom. The molecule has 0 radical (unpaired) electrons. The predicted molar refractivity (Wildman–Crippen MR) is 92.1 cm³/mol. The zero-order chi connectivity index (χ0) is 16.5. The maximum atomic E-state index is 10.6. The number of carboxylic acid groups (broad SMARTS) is 1. The van der Waals surface area contributed by atoms with Gasteiger partial charge in [0.05, 0.1) is 0 Å². The number of unbranched alkanes of at least 4 members (excludes halogenated alkanes) is 8. The van der Waals surface area contributed by atoms with Crippen LogP contribution in [0.2, 0.25) is 0 Å². The predicted octanol–water partition coefficient (Wildman–Crippen LogP) is 1.40. The van der Waals surface area contributed by atoms with Crippen molar-refractivity contribution in [1.82, 2.24) is 4.90 Å². The van der Waals surface area contributed by atoms with E-state index in [-0.39, 0.29) is 36.0 Å². The zero-order valence-electron chi connectivity index (χ0n) is 15.6. The van der Waals surface area contributed by atoms with Gasteiger partial charge in [0.25, 0.3) is 0 Å². The summed E-state index contributed by atoms with van der Waals surface area (Å²) < 4.78 is 0. The number of rotatable bonds is 15. The number of carbonyl (C=O) groups excluding carboxylic acids is 1. The van der Waals surface area contributed by atoms with Crippen LogP contribution >= 0.6 is 0 Å². The SMILES string of the molecule is CCCCCC/C=C/N(/C=C/CCCCCC)CCC(=O)[O-].[Na+]. The smallest absolute Gasteiger partial charge is 0.550 e. The number of nitrogens with zero attached hydrogens (tertiary/aromatic N) is 1. The van der Waals surface area contributed by atoms with Crippen LogP contribution in [0.1, 0.15) is 84.5 Å². The van der Waals surface area contributed by atoms with Crippen LogP contribution in [0.4, 0.5) is 0 Å². The molecule has 0 atom stereocenters. The summed E-state index contributed by atoms with van der Waals surface area (Å²) in [6.07, 6.45) is 20.6. The van der Waals surface area contributed by atoms with Crippen molar-refractivity contribution in [2.45, 2.75) is 84.5 Å². The van der Waals surface area contributed by atoms with Crippen LogP contribution in [-0.4, -0.2) is 17.4 Å². The minimum absolute atomic E-state index is 0. The van der Waals surface area contributed by atoms with E-state index < -0.39 is 5.97 Å². The first kappa shape index (κ1) is 25.0. The molecule has 0 fully saturated rings. The minimum atomic E-state index is -0.988. The molecule has 0 aliphatic rings. The monoisotopic (exact) mass is 331 g/mol. The van der Waals surface area contributed by atoms with Crippen LogP contribution < -0.4 is 34.7 Å². The Morgan fingerprint density at radius 2 is 1.35 bits per heavy atom. The van der Waals surface area contributed by atoms with Crippen molar-refractivity contribution in [2.24, 2.45) is 0 Å². The summed E-state index contributed by atoms with van der Waals surface area (Å²) in [6, 6.07) is 0. The van der Waals surface area contributed by atoms with Gasteiger partial charge in [0.15, 0.2) is 0 Å². The van der Waals surface area contributed by atoms with Crippen LogP contribution in [0, 0.1) is 0 Å². The van der Waals surface area contributed by atoms with Gasteiger partial charge in [-0.2, -0.15) is 0 Å². The first-order valence-corrected chi connectivity index (χ1v) is 8.99. The molecule has 0 aliphatic carbocycles. The molecule has 0 rings (SSSR count). The van der Waals surface area contributed by atoms with Crippen LogP contribution in [0.25, 0.3) is 0 Å². The molecule has 0 bridgehead atoms. The van der Waals surface area contributed by atoms with Crippen LogP contribution in [0.15, 0.2) is 24.6 Å². The van der Waals surface area contributed by atoms with E-state index in [0.29, 0.717) is 6.54 Å². The van der Waals surface area contributed by atoms with Gasteiger partial charge < -0.3 is 14.8 Å². The van der Waals surface area contributed by atoms with Gasteiger partial charge in [-0.3, -0.25) is 0 Å². The van der Waals surface area contributed by atoms with E-state index in [0.717, 1.165) is 12.8 Å².